The number of hydrogen-bond donors (Lipinski definition) is 1. The molecule has 0 spiro atoms. The molecule has 2 fully saturated rings. The Morgan fingerprint density at radius 3 is 1.82 bits per heavy atom. The van der Waals surface area contributed by atoms with Crippen LogP contribution in [0.3, 0.4) is 0 Å². The summed E-state index contributed by atoms with van der Waals surface area (Å²) in [4.78, 5) is 29.1. The minimum Gasteiger partial charge on any atom is -0.491 e. The molecule has 85 heavy (non-hydrogen) atoms. The standard InChI is InChI=1S/C55H93N9O10.C7H5F3O/c1-45(2)55-59-57-48(5)64(55)47(4)42-52-16-15-46(3)63(52)23-19-53(50-12-7-6-8-13-50)56-54(66)43-49-17-21-61(22-18-49)20-10-9-14-51-44-62(60-58-51)24-27-68-29-31-70-33-35-72-37-39-74-41-40-73-38-36-71-34-32-69-30-28-67-26-11-25-65;1-11-7-5(9)2-4(8)3-6(7)10/h6-8,12-13,25,44-47,49,52-53H,9-11,14-24,26-43H2,1-5H3,(H,56,66);2-3H,1H3. The molecule has 4 aromatic rings. The van der Waals surface area contributed by atoms with E-state index in [2.05, 4.69) is 110 Å². The molecular weight excluding hydrogens is 1100 g/mol. The second-order valence-corrected chi connectivity index (χ2v) is 22.0. The number of ether oxygens (including phenoxy) is 9. The van der Waals surface area contributed by atoms with Crippen LogP contribution < -0.4 is 10.1 Å². The minimum atomic E-state index is -1.04. The van der Waals surface area contributed by atoms with Crippen molar-refractivity contribution in [1.29, 1.82) is 0 Å². The van der Waals surface area contributed by atoms with Gasteiger partial charge in [-0.3, -0.25) is 9.69 Å². The molecule has 0 radical (unpaired) electrons. The molecule has 2 aliphatic heterocycles. The number of hydrogen-bond acceptors (Lipinski definition) is 17. The van der Waals surface area contributed by atoms with Crippen molar-refractivity contribution >= 4 is 12.2 Å². The Kier molecular flexibility index (Phi) is 35.0. The van der Waals surface area contributed by atoms with Gasteiger partial charge in [0.1, 0.15) is 23.8 Å². The van der Waals surface area contributed by atoms with E-state index < -0.39 is 23.2 Å². The zero-order valence-electron chi connectivity index (χ0n) is 51.5. The van der Waals surface area contributed by atoms with Gasteiger partial charge in [0.2, 0.25) is 5.91 Å². The third-order valence-electron chi connectivity index (χ3n) is 15.2. The lowest BCUT2D eigenvalue weighted by Crippen LogP contribution is -2.40. The van der Waals surface area contributed by atoms with Crippen molar-refractivity contribution in [3.05, 3.63) is 89.0 Å². The van der Waals surface area contributed by atoms with Gasteiger partial charge < -0.3 is 62.2 Å². The van der Waals surface area contributed by atoms with E-state index in [1.807, 2.05) is 10.9 Å². The Hall–Kier alpha value is -4.95. The summed E-state index contributed by atoms with van der Waals surface area (Å²) >= 11 is 0. The molecule has 2 aromatic carbocycles. The van der Waals surface area contributed by atoms with Crippen LogP contribution in [0.4, 0.5) is 13.2 Å². The molecule has 0 bridgehead atoms. The Bertz CT molecular complexity index is 2380. The van der Waals surface area contributed by atoms with Gasteiger partial charge in [0.05, 0.1) is 131 Å². The third-order valence-corrected chi connectivity index (χ3v) is 15.2. The second kappa shape index (κ2) is 42.0. The topological polar surface area (TPSA) is 197 Å². The first kappa shape index (κ1) is 70.8. The normalized spacial score (nSPS) is 16.6. The molecule has 4 heterocycles. The van der Waals surface area contributed by atoms with Crippen LogP contribution >= 0.6 is 0 Å². The van der Waals surface area contributed by atoms with Gasteiger partial charge >= 0.3 is 0 Å². The lowest BCUT2D eigenvalue weighted by Gasteiger charge is -2.33. The Morgan fingerprint density at radius 1 is 0.706 bits per heavy atom. The van der Waals surface area contributed by atoms with Gasteiger partial charge in [-0.2, -0.15) is 0 Å². The van der Waals surface area contributed by atoms with Crippen molar-refractivity contribution in [3.8, 4) is 5.75 Å². The SMILES string of the molecule is COc1c(F)cc(F)cc1F.Cc1nnc(C(C)C)n1C(C)CC1CCC(C)N1CCC(NC(=O)CC1CCN(CCCCc2cn(CCOCCOCCOCCOCCOCCOCCOCCOCCC=O)nn2)CC1)c1ccccc1. The highest BCUT2D eigenvalue weighted by Gasteiger charge is 2.33. The van der Waals surface area contributed by atoms with Crippen molar-refractivity contribution in [2.24, 2.45) is 5.92 Å². The van der Waals surface area contributed by atoms with Gasteiger partial charge in [0.15, 0.2) is 17.4 Å². The van der Waals surface area contributed by atoms with Gasteiger partial charge in [-0.1, -0.05) is 49.4 Å². The number of carbonyl (C=O) groups is 2. The number of benzene rings is 2. The number of rotatable bonds is 44. The average Bonchev–Trinajstić information content (AvgIpc) is 4.27. The minimum absolute atomic E-state index is 0.00678. The molecule has 1 N–H and O–H groups in total. The number of nitrogens with zero attached hydrogens (tertiary/aromatic N) is 8. The van der Waals surface area contributed by atoms with Crippen molar-refractivity contribution in [2.45, 2.75) is 142 Å². The van der Waals surface area contributed by atoms with Gasteiger partial charge in [-0.05, 0) is 110 Å². The monoisotopic (exact) mass is 1200 g/mol. The molecular formula is C62H98F3N9O11. The number of halogens is 3. The van der Waals surface area contributed by atoms with Crippen LogP contribution in [0.15, 0.2) is 48.7 Å². The maximum absolute atomic E-state index is 13.7. The predicted molar refractivity (Wildman–Crippen MR) is 316 cm³/mol. The number of nitrogens with one attached hydrogen (secondary N) is 1. The smallest absolute Gasteiger partial charge is 0.220 e. The number of carbonyl (C=O) groups excluding carboxylic acids is 2. The highest BCUT2D eigenvalue weighted by molar-refractivity contribution is 5.76. The molecule has 4 unspecified atom stereocenters. The number of amides is 1. The summed E-state index contributed by atoms with van der Waals surface area (Å²) in [5.41, 5.74) is 2.20. The molecule has 478 valence electrons. The molecule has 2 aliphatic rings. The van der Waals surface area contributed by atoms with Crippen molar-refractivity contribution in [2.75, 3.05) is 139 Å². The van der Waals surface area contributed by atoms with Gasteiger partial charge in [-0.15, -0.1) is 15.3 Å². The van der Waals surface area contributed by atoms with Crippen molar-refractivity contribution in [3.63, 3.8) is 0 Å². The first-order valence-corrected chi connectivity index (χ1v) is 30.7. The van der Waals surface area contributed by atoms with E-state index in [9.17, 15) is 22.8 Å². The highest BCUT2D eigenvalue weighted by atomic mass is 19.1. The zero-order valence-corrected chi connectivity index (χ0v) is 51.5. The van der Waals surface area contributed by atoms with E-state index in [0.717, 1.165) is 102 Å². The molecule has 2 saturated heterocycles. The number of aryl methyl sites for hydroxylation is 2. The quantitative estimate of drug-likeness (QED) is 0.0327. The van der Waals surface area contributed by atoms with E-state index in [4.69, 9.17) is 37.9 Å². The number of unbranched alkanes of at least 4 members (excludes halogenated alkanes) is 1. The molecule has 20 nitrogen and oxygen atoms in total. The third kappa shape index (κ3) is 27.7. The Balaban J connectivity index is 0.00000107. The summed E-state index contributed by atoms with van der Waals surface area (Å²) in [5.74, 6) is -0.599. The number of likely N-dealkylation sites (tertiary alicyclic amines) is 2. The Labute approximate surface area is 502 Å². The summed E-state index contributed by atoms with van der Waals surface area (Å²) in [6.07, 6.45) is 13.4. The maximum Gasteiger partial charge on any atom is 0.220 e. The zero-order chi connectivity index (χ0) is 60.9. The molecule has 23 heteroatoms. The lowest BCUT2D eigenvalue weighted by molar-refractivity contribution is -0.123. The van der Waals surface area contributed by atoms with Crippen molar-refractivity contribution in [1.82, 2.24) is 44.9 Å². The van der Waals surface area contributed by atoms with E-state index in [1.165, 1.54) is 18.4 Å². The van der Waals surface area contributed by atoms with Gasteiger partial charge in [0, 0.05) is 61.8 Å². The fraction of sp³-hybridized carbons (Fsp3) is 0.710. The van der Waals surface area contributed by atoms with E-state index in [0.29, 0.717) is 167 Å². The van der Waals surface area contributed by atoms with Crippen LogP contribution in [-0.4, -0.2) is 203 Å². The van der Waals surface area contributed by atoms with Crippen LogP contribution in [0.25, 0.3) is 0 Å². The number of aldehydes is 1. The number of piperidine rings is 1. The molecule has 4 atom stereocenters. The van der Waals surface area contributed by atoms with Crippen LogP contribution in [0, 0.1) is 30.3 Å². The molecule has 1 amide bonds. The number of aromatic nitrogens is 6. The number of methoxy groups -OCH3 is 1. The van der Waals surface area contributed by atoms with Crippen molar-refractivity contribution < 1.29 is 65.4 Å². The second-order valence-electron chi connectivity index (χ2n) is 22.0. The fourth-order valence-corrected chi connectivity index (χ4v) is 10.7. The molecule has 0 saturated carbocycles. The summed E-state index contributed by atoms with van der Waals surface area (Å²) in [6, 6.07) is 13.0. The van der Waals surface area contributed by atoms with Crippen LogP contribution in [0.5, 0.6) is 5.75 Å². The Morgan fingerprint density at radius 2 is 1.27 bits per heavy atom. The summed E-state index contributed by atoms with van der Waals surface area (Å²) < 4.78 is 89.7. The van der Waals surface area contributed by atoms with E-state index in [-0.39, 0.29) is 11.9 Å². The van der Waals surface area contributed by atoms with Crippen LogP contribution in [-0.2, 0) is 60.4 Å². The van der Waals surface area contributed by atoms with Crippen LogP contribution in [0.2, 0.25) is 0 Å². The summed E-state index contributed by atoms with van der Waals surface area (Å²) in [7, 11) is 1.11. The first-order chi connectivity index (χ1) is 41.4. The molecule has 2 aromatic heterocycles. The van der Waals surface area contributed by atoms with E-state index in [1.54, 1.807) is 0 Å². The first-order valence-electron chi connectivity index (χ1n) is 30.7. The van der Waals surface area contributed by atoms with Gasteiger partial charge in [0.25, 0.3) is 0 Å². The lowest BCUT2D eigenvalue weighted by atomic mass is 9.92. The summed E-state index contributed by atoms with van der Waals surface area (Å²) in [5, 5.41) is 21.1. The largest absolute Gasteiger partial charge is 0.491 e. The fourth-order valence-electron chi connectivity index (χ4n) is 10.7. The molecule has 6 rings (SSSR count). The van der Waals surface area contributed by atoms with Gasteiger partial charge in [-0.25, -0.2) is 17.9 Å². The highest BCUT2D eigenvalue weighted by Crippen LogP contribution is 2.33. The maximum atomic E-state index is 13.7. The average molecular weight is 1200 g/mol. The predicted octanol–water partition coefficient (Wildman–Crippen LogP) is 8.31. The van der Waals surface area contributed by atoms with Crippen LogP contribution in [0.1, 0.15) is 133 Å². The van der Waals surface area contributed by atoms with E-state index >= 15 is 0 Å². The summed E-state index contributed by atoms with van der Waals surface area (Å²) in [6.45, 7) is 23.8. The molecule has 0 aliphatic carbocycles.